The van der Waals surface area contributed by atoms with Gasteiger partial charge in [-0.1, -0.05) is 12.1 Å². The van der Waals surface area contributed by atoms with E-state index < -0.39 is 49.3 Å². The standard InChI is InChI=1S/C19H22F7N3O3/c20-13-3-1-2-12(15(13)27-6-8-32-9-7-27)10-28-4-5-29(17(30)31)11-14(28)16(18(21,22)23)19(24,25)26/h1-3,14,16H,4-11H2,(H,30,31). The lowest BCUT2D eigenvalue weighted by atomic mass is 9.93. The molecule has 0 bridgehead atoms. The Kier molecular flexibility index (Phi) is 7.08. The Bertz CT molecular complexity index is 798. The van der Waals surface area contributed by atoms with Crippen LogP contribution >= 0.6 is 0 Å². The van der Waals surface area contributed by atoms with Gasteiger partial charge in [-0.2, -0.15) is 26.3 Å². The van der Waals surface area contributed by atoms with Crippen molar-refractivity contribution in [2.45, 2.75) is 24.9 Å². The number of rotatable bonds is 4. The molecule has 180 valence electrons. The minimum absolute atomic E-state index is 0.103. The summed E-state index contributed by atoms with van der Waals surface area (Å²) in [6, 6.07) is 1.75. The molecule has 0 spiro atoms. The molecular weight excluding hydrogens is 451 g/mol. The fourth-order valence-electron chi connectivity index (χ4n) is 4.20. The molecule has 2 heterocycles. The summed E-state index contributed by atoms with van der Waals surface area (Å²) in [7, 11) is 0. The third kappa shape index (κ3) is 5.37. The van der Waals surface area contributed by atoms with Crippen LogP contribution in [0.15, 0.2) is 18.2 Å². The Labute approximate surface area is 179 Å². The van der Waals surface area contributed by atoms with Gasteiger partial charge in [0.05, 0.1) is 18.9 Å². The van der Waals surface area contributed by atoms with E-state index in [4.69, 9.17) is 9.84 Å². The molecule has 32 heavy (non-hydrogen) atoms. The molecule has 2 fully saturated rings. The van der Waals surface area contributed by atoms with Crippen LogP contribution in [0.25, 0.3) is 0 Å². The molecule has 1 aromatic carbocycles. The van der Waals surface area contributed by atoms with E-state index in [0.717, 1.165) is 4.90 Å². The highest BCUT2D eigenvalue weighted by atomic mass is 19.4. The first kappa shape index (κ1) is 24.4. The van der Waals surface area contributed by atoms with Gasteiger partial charge in [-0.25, -0.2) is 9.18 Å². The number of hydrogen-bond acceptors (Lipinski definition) is 4. The number of anilines is 1. The molecule has 1 aromatic rings. The smallest absolute Gasteiger partial charge is 0.407 e. The number of carbonyl (C=O) groups is 1. The van der Waals surface area contributed by atoms with Crippen molar-refractivity contribution in [3.05, 3.63) is 29.6 Å². The molecule has 1 atom stereocenters. The highest BCUT2D eigenvalue weighted by molar-refractivity contribution is 5.65. The van der Waals surface area contributed by atoms with Crippen LogP contribution in [0.4, 0.5) is 41.2 Å². The predicted octanol–water partition coefficient (Wildman–Crippen LogP) is 3.57. The lowest BCUT2D eigenvalue weighted by Gasteiger charge is -2.45. The number of carboxylic acid groups (broad SMARTS) is 1. The Hall–Kier alpha value is -2.28. The lowest BCUT2D eigenvalue weighted by molar-refractivity contribution is -0.302. The van der Waals surface area contributed by atoms with E-state index in [2.05, 4.69) is 0 Å². The summed E-state index contributed by atoms with van der Waals surface area (Å²) in [6.07, 6.45) is -12.9. The van der Waals surface area contributed by atoms with Crippen molar-refractivity contribution in [2.24, 2.45) is 5.92 Å². The minimum atomic E-state index is -5.64. The Morgan fingerprint density at radius 2 is 1.69 bits per heavy atom. The SMILES string of the molecule is O=C(O)N1CCN(Cc2cccc(F)c2N2CCOCC2)C(C(C(F)(F)F)C(F)(F)F)C1. The number of para-hydroxylation sites is 1. The van der Waals surface area contributed by atoms with Crippen LogP contribution in [0, 0.1) is 11.7 Å². The zero-order valence-electron chi connectivity index (χ0n) is 16.8. The van der Waals surface area contributed by atoms with Crippen molar-refractivity contribution in [1.29, 1.82) is 0 Å². The highest BCUT2D eigenvalue weighted by Gasteiger charge is 2.62. The van der Waals surface area contributed by atoms with Crippen molar-refractivity contribution in [3.63, 3.8) is 0 Å². The van der Waals surface area contributed by atoms with E-state index in [-0.39, 0.29) is 24.3 Å². The number of amides is 1. The number of piperazine rings is 1. The second kappa shape index (κ2) is 9.30. The van der Waals surface area contributed by atoms with E-state index in [9.17, 15) is 35.5 Å². The maximum absolute atomic E-state index is 14.6. The van der Waals surface area contributed by atoms with Gasteiger partial charge >= 0.3 is 18.4 Å². The molecule has 1 unspecified atom stereocenters. The molecule has 2 aliphatic heterocycles. The average molecular weight is 473 g/mol. The number of alkyl halides is 6. The second-order valence-corrected chi connectivity index (χ2v) is 7.67. The van der Waals surface area contributed by atoms with Gasteiger partial charge in [0.15, 0.2) is 5.92 Å². The zero-order chi connectivity index (χ0) is 23.7. The molecule has 3 rings (SSSR count). The molecule has 2 aliphatic rings. The van der Waals surface area contributed by atoms with Crippen LogP contribution in [0.1, 0.15) is 5.56 Å². The van der Waals surface area contributed by atoms with Crippen LogP contribution in [0.3, 0.4) is 0 Å². The van der Waals surface area contributed by atoms with Gasteiger partial charge in [0, 0.05) is 45.3 Å². The van der Waals surface area contributed by atoms with E-state index in [1.807, 2.05) is 0 Å². The molecule has 0 saturated carbocycles. The highest BCUT2D eigenvalue weighted by Crippen LogP contribution is 2.44. The van der Waals surface area contributed by atoms with E-state index in [0.29, 0.717) is 31.2 Å². The van der Waals surface area contributed by atoms with Crippen molar-refractivity contribution in [1.82, 2.24) is 9.80 Å². The van der Waals surface area contributed by atoms with Gasteiger partial charge < -0.3 is 19.6 Å². The average Bonchev–Trinajstić information content (AvgIpc) is 2.68. The molecule has 6 nitrogen and oxygen atoms in total. The maximum atomic E-state index is 14.6. The van der Waals surface area contributed by atoms with Crippen LogP contribution < -0.4 is 4.90 Å². The minimum Gasteiger partial charge on any atom is -0.465 e. The number of hydrogen-bond donors (Lipinski definition) is 1. The van der Waals surface area contributed by atoms with Crippen LogP contribution in [-0.4, -0.2) is 85.3 Å². The van der Waals surface area contributed by atoms with Gasteiger partial charge in [0.25, 0.3) is 0 Å². The third-order valence-electron chi connectivity index (χ3n) is 5.67. The first-order chi connectivity index (χ1) is 14.9. The summed E-state index contributed by atoms with van der Waals surface area (Å²) in [5.74, 6) is -4.40. The molecule has 1 N–H and O–H groups in total. The Morgan fingerprint density at radius 1 is 1.06 bits per heavy atom. The topological polar surface area (TPSA) is 56.2 Å². The van der Waals surface area contributed by atoms with E-state index >= 15 is 0 Å². The van der Waals surface area contributed by atoms with Gasteiger partial charge in [-0.15, -0.1) is 0 Å². The van der Waals surface area contributed by atoms with E-state index in [1.54, 1.807) is 4.90 Å². The third-order valence-corrected chi connectivity index (χ3v) is 5.67. The van der Waals surface area contributed by atoms with Gasteiger partial charge in [-0.3, -0.25) is 4.90 Å². The largest absolute Gasteiger partial charge is 0.465 e. The van der Waals surface area contributed by atoms with Crippen molar-refractivity contribution >= 4 is 11.8 Å². The molecule has 0 radical (unpaired) electrons. The van der Waals surface area contributed by atoms with Crippen molar-refractivity contribution in [2.75, 3.05) is 50.8 Å². The molecule has 0 aliphatic carbocycles. The zero-order valence-corrected chi connectivity index (χ0v) is 16.8. The summed E-state index contributed by atoms with van der Waals surface area (Å²) in [4.78, 5) is 14.4. The number of halogens is 7. The van der Waals surface area contributed by atoms with Gasteiger partial charge in [-0.05, 0) is 11.6 Å². The molecule has 0 aromatic heterocycles. The summed E-state index contributed by atoms with van der Waals surface area (Å²) in [5, 5.41) is 9.15. The maximum Gasteiger partial charge on any atom is 0.407 e. The first-order valence-corrected chi connectivity index (χ1v) is 9.85. The summed E-state index contributed by atoms with van der Waals surface area (Å²) < 4.78 is 101. The monoisotopic (exact) mass is 473 g/mol. The van der Waals surface area contributed by atoms with Crippen LogP contribution in [0.2, 0.25) is 0 Å². The molecule has 2 saturated heterocycles. The molecular formula is C19H22F7N3O3. The quantitative estimate of drug-likeness (QED) is 0.678. The van der Waals surface area contributed by atoms with Crippen LogP contribution in [0.5, 0.6) is 0 Å². The van der Waals surface area contributed by atoms with Crippen molar-refractivity contribution in [3.8, 4) is 0 Å². The number of morpholine rings is 1. The van der Waals surface area contributed by atoms with Crippen molar-refractivity contribution < 1.29 is 45.4 Å². The van der Waals surface area contributed by atoms with Gasteiger partial charge in [0.1, 0.15) is 5.82 Å². The Balaban J connectivity index is 1.96. The molecule has 1 amide bonds. The Morgan fingerprint density at radius 3 is 2.25 bits per heavy atom. The fraction of sp³-hybridized carbons (Fsp3) is 0.632. The van der Waals surface area contributed by atoms with Gasteiger partial charge in [0.2, 0.25) is 0 Å². The molecule has 13 heteroatoms. The fourth-order valence-corrected chi connectivity index (χ4v) is 4.20. The summed E-state index contributed by atoms with van der Waals surface area (Å²) in [5.41, 5.74) is 0.328. The predicted molar refractivity (Wildman–Crippen MR) is 98.8 cm³/mol. The number of nitrogens with zero attached hydrogens (tertiary/aromatic N) is 3. The number of ether oxygens (including phenoxy) is 1. The summed E-state index contributed by atoms with van der Waals surface area (Å²) >= 11 is 0. The van der Waals surface area contributed by atoms with Crippen LogP contribution in [-0.2, 0) is 11.3 Å². The lowest BCUT2D eigenvalue weighted by Crippen LogP contribution is -2.62. The first-order valence-electron chi connectivity index (χ1n) is 9.85. The number of benzene rings is 1. The normalized spacial score (nSPS) is 21.3. The van der Waals surface area contributed by atoms with E-state index in [1.165, 1.54) is 18.2 Å². The second-order valence-electron chi connectivity index (χ2n) is 7.67. The summed E-state index contributed by atoms with van der Waals surface area (Å²) in [6.45, 7) is -0.757.